The quantitative estimate of drug-likeness (QED) is 0.188. The zero-order valence-electron chi connectivity index (χ0n) is 27.0. The smallest absolute Gasteiger partial charge is 0.136 e. The standard InChI is InChI=1S/C47H29NO2/c1-2-10-33(11-3-1)40-28-35(30-20-22-31(23-21-30)36-14-8-18-44-46(36)38-12-4-6-16-42(38)49-44)29-41(48-40)34-26-24-32(25-27-34)37-15-9-19-45-47(37)39-13-5-7-17-43(39)50-45/h1-29H. The zero-order chi connectivity index (χ0) is 33.0. The average molecular weight is 640 g/mol. The highest BCUT2D eigenvalue weighted by Crippen LogP contribution is 2.39. The molecule has 0 atom stereocenters. The van der Waals surface area contributed by atoms with Gasteiger partial charge >= 0.3 is 0 Å². The molecular weight excluding hydrogens is 611 g/mol. The molecule has 3 nitrogen and oxygen atoms in total. The predicted molar refractivity (Wildman–Crippen MR) is 206 cm³/mol. The van der Waals surface area contributed by atoms with Crippen LogP contribution < -0.4 is 0 Å². The van der Waals surface area contributed by atoms with Crippen molar-refractivity contribution in [1.29, 1.82) is 0 Å². The van der Waals surface area contributed by atoms with Gasteiger partial charge in [0, 0.05) is 32.7 Å². The first-order valence-electron chi connectivity index (χ1n) is 16.9. The second-order valence-corrected chi connectivity index (χ2v) is 12.7. The van der Waals surface area contributed by atoms with Crippen molar-refractivity contribution in [2.75, 3.05) is 0 Å². The monoisotopic (exact) mass is 639 g/mol. The number of nitrogens with zero attached hydrogens (tertiary/aromatic N) is 1. The molecule has 0 saturated carbocycles. The molecule has 0 aliphatic rings. The summed E-state index contributed by atoms with van der Waals surface area (Å²) in [6.45, 7) is 0. The van der Waals surface area contributed by atoms with E-state index >= 15 is 0 Å². The molecule has 0 bridgehead atoms. The van der Waals surface area contributed by atoms with E-state index in [1.165, 1.54) is 5.56 Å². The van der Waals surface area contributed by atoms with Gasteiger partial charge in [0.15, 0.2) is 0 Å². The van der Waals surface area contributed by atoms with Crippen LogP contribution in [-0.4, -0.2) is 4.98 Å². The molecule has 3 heterocycles. The fourth-order valence-corrected chi connectivity index (χ4v) is 7.30. The summed E-state index contributed by atoms with van der Waals surface area (Å²) in [6, 6.07) is 61.4. The Bertz CT molecular complexity index is 2670. The van der Waals surface area contributed by atoms with Crippen molar-refractivity contribution in [3.8, 4) is 55.9 Å². The number of hydrogen-bond acceptors (Lipinski definition) is 3. The second-order valence-electron chi connectivity index (χ2n) is 12.7. The van der Waals surface area contributed by atoms with Gasteiger partial charge in [-0.25, -0.2) is 4.98 Å². The van der Waals surface area contributed by atoms with Gasteiger partial charge in [0.1, 0.15) is 22.3 Å². The van der Waals surface area contributed by atoms with E-state index in [0.29, 0.717) is 0 Å². The van der Waals surface area contributed by atoms with E-state index in [4.69, 9.17) is 13.8 Å². The van der Waals surface area contributed by atoms with Crippen LogP contribution in [0.4, 0.5) is 0 Å². The molecule has 0 aliphatic heterocycles. The lowest BCUT2D eigenvalue weighted by Gasteiger charge is -2.12. The number of para-hydroxylation sites is 2. The Morgan fingerprint density at radius 1 is 0.300 bits per heavy atom. The molecule has 7 aromatic carbocycles. The SMILES string of the molecule is c1ccc(-c2cc(-c3ccc(-c4cccc5oc6ccccc6c45)cc3)cc(-c3ccc(-c4cccc5oc6ccccc6c45)cc3)n2)cc1. The maximum atomic E-state index is 6.17. The molecule has 10 rings (SSSR count). The molecule has 0 amide bonds. The third-order valence-corrected chi connectivity index (χ3v) is 9.72. The Hall–Kier alpha value is -6.71. The zero-order valence-corrected chi connectivity index (χ0v) is 27.0. The summed E-state index contributed by atoms with van der Waals surface area (Å²) in [5, 5.41) is 4.55. The predicted octanol–water partition coefficient (Wildman–Crippen LogP) is 13.2. The highest BCUT2D eigenvalue weighted by atomic mass is 16.3. The van der Waals surface area contributed by atoms with Gasteiger partial charge < -0.3 is 8.83 Å². The summed E-state index contributed by atoms with van der Waals surface area (Å²) < 4.78 is 12.3. The van der Waals surface area contributed by atoms with Crippen LogP contribution >= 0.6 is 0 Å². The van der Waals surface area contributed by atoms with Gasteiger partial charge in [-0.3, -0.25) is 0 Å². The van der Waals surface area contributed by atoms with E-state index in [-0.39, 0.29) is 0 Å². The van der Waals surface area contributed by atoms with Crippen molar-refractivity contribution in [2.45, 2.75) is 0 Å². The van der Waals surface area contributed by atoms with Gasteiger partial charge in [-0.2, -0.15) is 0 Å². The van der Waals surface area contributed by atoms with Gasteiger partial charge in [0.2, 0.25) is 0 Å². The van der Waals surface area contributed by atoms with Crippen LogP contribution in [0.15, 0.2) is 185 Å². The summed E-state index contributed by atoms with van der Waals surface area (Å²) in [4.78, 5) is 5.18. The fourth-order valence-electron chi connectivity index (χ4n) is 7.30. The molecule has 10 aromatic rings. The van der Waals surface area contributed by atoms with Gasteiger partial charge in [0.25, 0.3) is 0 Å². The number of fused-ring (bicyclic) bond motifs is 6. The molecule has 0 N–H and O–H groups in total. The Kier molecular flexibility index (Phi) is 6.49. The van der Waals surface area contributed by atoms with Crippen molar-refractivity contribution in [3.63, 3.8) is 0 Å². The number of benzene rings is 7. The molecule has 0 unspecified atom stereocenters. The summed E-state index contributed by atoms with van der Waals surface area (Å²) in [7, 11) is 0. The topological polar surface area (TPSA) is 39.2 Å². The number of aromatic nitrogens is 1. The number of rotatable bonds is 5. The van der Waals surface area contributed by atoms with Gasteiger partial charge in [-0.15, -0.1) is 0 Å². The first kappa shape index (κ1) is 28.3. The minimum atomic E-state index is 0.899. The Labute approximate surface area is 288 Å². The minimum Gasteiger partial charge on any atom is -0.456 e. The lowest BCUT2D eigenvalue weighted by Crippen LogP contribution is -1.91. The molecule has 0 radical (unpaired) electrons. The van der Waals surface area contributed by atoms with E-state index in [0.717, 1.165) is 94.2 Å². The van der Waals surface area contributed by atoms with Crippen LogP contribution in [0.1, 0.15) is 0 Å². The lowest BCUT2D eigenvalue weighted by atomic mass is 9.95. The van der Waals surface area contributed by atoms with Crippen molar-refractivity contribution >= 4 is 43.9 Å². The minimum absolute atomic E-state index is 0.899. The molecule has 3 aromatic heterocycles. The molecule has 234 valence electrons. The molecule has 0 saturated heterocycles. The van der Waals surface area contributed by atoms with E-state index in [1.54, 1.807) is 0 Å². The van der Waals surface area contributed by atoms with Crippen LogP contribution in [0.25, 0.3) is 99.8 Å². The summed E-state index contributed by atoms with van der Waals surface area (Å²) in [5.74, 6) is 0. The number of hydrogen-bond donors (Lipinski definition) is 0. The number of furan rings is 2. The molecule has 0 fully saturated rings. The third-order valence-electron chi connectivity index (χ3n) is 9.72. The van der Waals surface area contributed by atoms with Crippen molar-refractivity contribution in [3.05, 3.63) is 176 Å². The van der Waals surface area contributed by atoms with Gasteiger partial charge in [0.05, 0.1) is 11.4 Å². The van der Waals surface area contributed by atoms with E-state index in [9.17, 15) is 0 Å². The summed E-state index contributed by atoms with van der Waals surface area (Å²) >= 11 is 0. The first-order valence-corrected chi connectivity index (χ1v) is 16.9. The highest BCUT2D eigenvalue weighted by molar-refractivity contribution is 6.13. The highest BCUT2D eigenvalue weighted by Gasteiger charge is 2.15. The van der Waals surface area contributed by atoms with Crippen molar-refractivity contribution < 1.29 is 8.83 Å². The molecule has 0 spiro atoms. The van der Waals surface area contributed by atoms with Crippen molar-refractivity contribution in [1.82, 2.24) is 4.98 Å². The Morgan fingerprint density at radius 2 is 0.720 bits per heavy atom. The fraction of sp³-hybridized carbons (Fsp3) is 0. The third kappa shape index (κ3) is 4.71. The Morgan fingerprint density at radius 3 is 1.26 bits per heavy atom. The molecule has 50 heavy (non-hydrogen) atoms. The van der Waals surface area contributed by atoms with Crippen LogP contribution in [0.5, 0.6) is 0 Å². The largest absolute Gasteiger partial charge is 0.456 e. The van der Waals surface area contributed by atoms with E-state index in [2.05, 4.69) is 133 Å². The van der Waals surface area contributed by atoms with Crippen LogP contribution in [0, 0.1) is 0 Å². The van der Waals surface area contributed by atoms with E-state index < -0.39 is 0 Å². The lowest BCUT2D eigenvalue weighted by molar-refractivity contribution is 0.668. The maximum Gasteiger partial charge on any atom is 0.136 e. The maximum absolute atomic E-state index is 6.17. The molecule has 0 aliphatic carbocycles. The normalized spacial score (nSPS) is 11.6. The van der Waals surface area contributed by atoms with Crippen LogP contribution in [-0.2, 0) is 0 Å². The number of pyridine rings is 1. The molecule has 3 heteroatoms. The van der Waals surface area contributed by atoms with Crippen LogP contribution in [0.2, 0.25) is 0 Å². The summed E-state index contributed by atoms with van der Waals surface area (Å²) in [6.07, 6.45) is 0. The first-order chi connectivity index (χ1) is 24.8. The Balaban J connectivity index is 1.05. The van der Waals surface area contributed by atoms with Crippen molar-refractivity contribution in [2.24, 2.45) is 0 Å². The average Bonchev–Trinajstić information content (AvgIpc) is 3.77. The van der Waals surface area contributed by atoms with E-state index in [1.807, 2.05) is 42.5 Å². The van der Waals surface area contributed by atoms with Gasteiger partial charge in [-0.05, 0) is 69.8 Å². The van der Waals surface area contributed by atoms with Gasteiger partial charge in [-0.1, -0.05) is 140 Å². The molecular formula is C47H29NO2. The second kappa shape index (κ2) is 11.5. The van der Waals surface area contributed by atoms with Crippen LogP contribution in [0.3, 0.4) is 0 Å². The summed E-state index contributed by atoms with van der Waals surface area (Å²) in [5.41, 5.74) is 14.5.